The lowest BCUT2D eigenvalue weighted by atomic mass is 9.96. The molecule has 1 aromatic rings. The number of ether oxygens (including phenoxy) is 1. The van der Waals surface area contributed by atoms with Crippen molar-refractivity contribution in [3.05, 3.63) is 21.3 Å². The third-order valence-electron chi connectivity index (χ3n) is 2.67. The van der Waals surface area contributed by atoms with Gasteiger partial charge in [-0.05, 0) is 25.0 Å². The van der Waals surface area contributed by atoms with E-state index in [1.807, 2.05) is 12.1 Å². The van der Waals surface area contributed by atoms with Crippen LogP contribution in [0, 0.1) is 0 Å². The van der Waals surface area contributed by atoms with Crippen LogP contribution in [0.15, 0.2) is 12.1 Å². The molecule has 0 radical (unpaired) electrons. The van der Waals surface area contributed by atoms with E-state index in [0.29, 0.717) is 13.2 Å². The summed E-state index contributed by atoms with van der Waals surface area (Å²) in [5, 5.41) is 0. The van der Waals surface area contributed by atoms with Crippen LogP contribution in [0.2, 0.25) is 4.34 Å². The van der Waals surface area contributed by atoms with Gasteiger partial charge >= 0.3 is 0 Å². The zero-order chi connectivity index (χ0) is 11.3. The van der Waals surface area contributed by atoms with E-state index in [1.54, 1.807) is 11.3 Å². The SMILES string of the molecule is CCC(N)(CC)COCc1ccc(Cl)s1. The highest BCUT2D eigenvalue weighted by atomic mass is 35.5. The number of thiophene rings is 1. The minimum Gasteiger partial charge on any atom is -0.374 e. The molecular weight excluding hydrogens is 230 g/mol. The molecule has 86 valence electrons. The number of hydrogen-bond donors (Lipinski definition) is 1. The van der Waals surface area contributed by atoms with Gasteiger partial charge in [-0.1, -0.05) is 25.4 Å². The van der Waals surface area contributed by atoms with Crippen LogP contribution in [-0.2, 0) is 11.3 Å². The smallest absolute Gasteiger partial charge is 0.0932 e. The topological polar surface area (TPSA) is 35.2 Å². The molecule has 2 N–H and O–H groups in total. The van der Waals surface area contributed by atoms with Crippen LogP contribution in [0.25, 0.3) is 0 Å². The molecule has 0 amide bonds. The highest BCUT2D eigenvalue weighted by Crippen LogP contribution is 2.22. The summed E-state index contributed by atoms with van der Waals surface area (Å²) < 4.78 is 6.41. The predicted octanol–water partition coefficient (Wildman–Crippen LogP) is 3.44. The standard InChI is InChI=1S/C11H18ClNOS/c1-3-11(13,4-2)8-14-7-9-5-6-10(12)15-9/h5-6H,3-4,7-8,13H2,1-2H3. The maximum absolute atomic E-state index is 6.12. The molecule has 0 aromatic carbocycles. The second-order valence-electron chi connectivity index (χ2n) is 3.77. The molecule has 0 atom stereocenters. The van der Waals surface area contributed by atoms with Crippen molar-refractivity contribution in [1.29, 1.82) is 0 Å². The van der Waals surface area contributed by atoms with Gasteiger partial charge in [0, 0.05) is 10.4 Å². The zero-order valence-electron chi connectivity index (χ0n) is 9.25. The van der Waals surface area contributed by atoms with Crippen LogP contribution in [-0.4, -0.2) is 12.1 Å². The van der Waals surface area contributed by atoms with E-state index in [2.05, 4.69) is 13.8 Å². The average molecular weight is 248 g/mol. The van der Waals surface area contributed by atoms with Crippen molar-refractivity contribution in [2.75, 3.05) is 6.61 Å². The number of rotatable bonds is 6. The van der Waals surface area contributed by atoms with Crippen LogP contribution in [0.1, 0.15) is 31.6 Å². The molecule has 0 aliphatic carbocycles. The van der Waals surface area contributed by atoms with Crippen molar-refractivity contribution in [3.63, 3.8) is 0 Å². The van der Waals surface area contributed by atoms with Gasteiger partial charge in [0.25, 0.3) is 0 Å². The molecule has 0 fully saturated rings. The fraction of sp³-hybridized carbons (Fsp3) is 0.636. The Kier molecular flexibility index (Phi) is 5.06. The molecule has 2 nitrogen and oxygen atoms in total. The monoisotopic (exact) mass is 247 g/mol. The Morgan fingerprint density at radius 2 is 2.07 bits per heavy atom. The first-order valence-corrected chi connectivity index (χ1v) is 6.40. The molecule has 1 rings (SSSR count). The third kappa shape index (κ3) is 4.11. The summed E-state index contributed by atoms with van der Waals surface area (Å²) >= 11 is 7.38. The maximum atomic E-state index is 6.12. The Bertz CT molecular complexity index is 297. The molecule has 0 saturated heterocycles. The lowest BCUT2D eigenvalue weighted by molar-refractivity contribution is 0.0711. The summed E-state index contributed by atoms with van der Waals surface area (Å²) in [7, 11) is 0. The Hall–Kier alpha value is -0.0900. The summed E-state index contributed by atoms with van der Waals surface area (Å²) in [5.41, 5.74) is 5.94. The first kappa shape index (κ1) is 13.0. The van der Waals surface area contributed by atoms with Crippen molar-refractivity contribution in [2.24, 2.45) is 5.73 Å². The van der Waals surface area contributed by atoms with E-state index < -0.39 is 0 Å². The Labute approximate surface area is 100 Å². The van der Waals surface area contributed by atoms with Gasteiger partial charge < -0.3 is 10.5 Å². The quantitative estimate of drug-likeness (QED) is 0.836. The van der Waals surface area contributed by atoms with Gasteiger partial charge in [0.05, 0.1) is 17.6 Å². The highest BCUT2D eigenvalue weighted by molar-refractivity contribution is 7.16. The van der Waals surface area contributed by atoms with Gasteiger partial charge in [-0.15, -0.1) is 11.3 Å². The second-order valence-corrected chi connectivity index (χ2v) is 5.57. The molecule has 0 spiro atoms. The molecule has 1 aromatic heterocycles. The van der Waals surface area contributed by atoms with Crippen molar-refractivity contribution < 1.29 is 4.74 Å². The zero-order valence-corrected chi connectivity index (χ0v) is 10.8. The first-order valence-electron chi connectivity index (χ1n) is 5.20. The molecule has 0 bridgehead atoms. The van der Waals surface area contributed by atoms with Crippen LogP contribution < -0.4 is 5.73 Å². The van der Waals surface area contributed by atoms with Gasteiger partial charge in [-0.25, -0.2) is 0 Å². The minimum atomic E-state index is -0.180. The molecule has 4 heteroatoms. The van der Waals surface area contributed by atoms with Gasteiger partial charge in [-0.2, -0.15) is 0 Å². The summed E-state index contributed by atoms with van der Waals surface area (Å²) in [4.78, 5) is 1.15. The number of nitrogens with two attached hydrogens (primary N) is 1. The maximum Gasteiger partial charge on any atom is 0.0932 e. The first-order chi connectivity index (χ1) is 7.09. The van der Waals surface area contributed by atoms with Crippen molar-refractivity contribution in [2.45, 2.75) is 38.8 Å². The lowest BCUT2D eigenvalue weighted by Crippen LogP contribution is -2.43. The van der Waals surface area contributed by atoms with Crippen molar-refractivity contribution in [3.8, 4) is 0 Å². The molecule has 0 aliphatic rings. The van der Waals surface area contributed by atoms with Gasteiger partial charge in [0.15, 0.2) is 0 Å². The number of hydrogen-bond acceptors (Lipinski definition) is 3. The predicted molar refractivity (Wildman–Crippen MR) is 66.5 cm³/mol. The summed E-state index contributed by atoms with van der Waals surface area (Å²) in [5.74, 6) is 0. The molecule has 0 aliphatic heterocycles. The van der Waals surface area contributed by atoms with Crippen molar-refractivity contribution in [1.82, 2.24) is 0 Å². The third-order valence-corrected chi connectivity index (χ3v) is 3.88. The minimum absolute atomic E-state index is 0.180. The Balaban J connectivity index is 2.32. The van der Waals surface area contributed by atoms with E-state index in [-0.39, 0.29) is 5.54 Å². The molecule has 15 heavy (non-hydrogen) atoms. The van der Waals surface area contributed by atoms with Crippen LogP contribution in [0.5, 0.6) is 0 Å². The van der Waals surface area contributed by atoms with Crippen LogP contribution >= 0.6 is 22.9 Å². The van der Waals surface area contributed by atoms with Gasteiger partial charge in [-0.3, -0.25) is 0 Å². The Morgan fingerprint density at radius 1 is 1.40 bits per heavy atom. The van der Waals surface area contributed by atoms with Gasteiger partial charge in [0.2, 0.25) is 0 Å². The summed E-state index contributed by atoms with van der Waals surface area (Å²) in [6, 6.07) is 3.88. The highest BCUT2D eigenvalue weighted by Gasteiger charge is 2.20. The fourth-order valence-corrected chi connectivity index (χ4v) is 2.26. The molecule has 1 heterocycles. The lowest BCUT2D eigenvalue weighted by Gasteiger charge is -2.26. The van der Waals surface area contributed by atoms with Crippen molar-refractivity contribution >= 4 is 22.9 Å². The molecule has 0 saturated carbocycles. The summed E-state index contributed by atoms with van der Waals surface area (Å²) in [6.07, 6.45) is 1.88. The average Bonchev–Trinajstić information content (AvgIpc) is 2.64. The number of halogens is 1. The van der Waals surface area contributed by atoms with Gasteiger partial charge in [0.1, 0.15) is 0 Å². The second kappa shape index (κ2) is 5.85. The molecular formula is C11H18ClNOS. The van der Waals surface area contributed by atoms with E-state index in [9.17, 15) is 0 Å². The van der Waals surface area contributed by atoms with Crippen LogP contribution in [0.3, 0.4) is 0 Å². The van der Waals surface area contributed by atoms with E-state index in [1.165, 1.54) is 0 Å². The fourth-order valence-electron chi connectivity index (χ4n) is 1.24. The van der Waals surface area contributed by atoms with E-state index >= 15 is 0 Å². The normalized spacial score (nSPS) is 12.0. The Morgan fingerprint density at radius 3 is 2.53 bits per heavy atom. The van der Waals surface area contributed by atoms with E-state index in [0.717, 1.165) is 22.1 Å². The molecule has 0 unspecified atom stereocenters. The largest absolute Gasteiger partial charge is 0.374 e. The van der Waals surface area contributed by atoms with Crippen LogP contribution in [0.4, 0.5) is 0 Å². The van der Waals surface area contributed by atoms with E-state index in [4.69, 9.17) is 22.1 Å². The summed E-state index contributed by atoms with van der Waals surface area (Å²) in [6.45, 7) is 5.40.